The van der Waals surface area contributed by atoms with Crippen LogP contribution in [0.2, 0.25) is 0 Å². The minimum absolute atomic E-state index is 0.189. The Morgan fingerprint density at radius 2 is 2.09 bits per heavy atom. The van der Waals surface area contributed by atoms with E-state index in [-0.39, 0.29) is 13.1 Å². The molecule has 0 saturated heterocycles. The predicted molar refractivity (Wildman–Crippen MR) is 75.5 cm³/mol. The first kappa shape index (κ1) is 18.0. The fourth-order valence-corrected chi connectivity index (χ4v) is 1.70. The van der Waals surface area contributed by atoms with Crippen LogP contribution in [0.1, 0.15) is 12.0 Å². The highest BCUT2D eigenvalue weighted by Gasteiger charge is 2.37. The first-order chi connectivity index (χ1) is 10.2. The summed E-state index contributed by atoms with van der Waals surface area (Å²) in [6.45, 7) is -0.0882. The lowest BCUT2D eigenvalue weighted by molar-refractivity contribution is -0.204. The molecule has 6 nitrogen and oxygen atoms in total. The Morgan fingerprint density at radius 3 is 2.68 bits per heavy atom. The molecule has 0 bridgehead atoms. The van der Waals surface area contributed by atoms with E-state index in [2.05, 4.69) is 15.6 Å². The van der Waals surface area contributed by atoms with Crippen LogP contribution in [0.15, 0.2) is 18.3 Å². The van der Waals surface area contributed by atoms with E-state index in [9.17, 15) is 18.0 Å². The molecule has 1 aromatic rings. The van der Waals surface area contributed by atoms with E-state index in [4.69, 9.17) is 5.11 Å². The number of halogens is 3. The van der Waals surface area contributed by atoms with Crippen LogP contribution in [0.3, 0.4) is 0 Å². The summed E-state index contributed by atoms with van der Waals surface area (Å²) in [5.74, 6) is 0.690. The van der Waals surface area contributed by atoms with Crippen molar-refractivity contribution >= 4 is 11.8 Å². The Morgan fingerprint density at radius 1 is 1.41 bits per heavy atom. The quantitative estimate of drug-likeness (QED) is 0.737. The number of hydrogen-bond acceptors (Lipinski definition) is 4. The molecule has 1 heterocycles. The first-order valence-corrected chi connectivity index (χ1v) is 6.59. The van der Waals surface area contributed by atoms with Gasteiger partial charge in [-0.1, -0.05) is 6.07 Å². The molecule has 22 heavy (non-hydrogen) atoms. The number of aliphatic hydroxyl groups excluding tert-OH is 1. The third-order valence-electron chi connectivity index (χ3n) is 2.81. The summed E-state index contributed by atoms with van der Waals surface area (Å²) in [7, 11) is 3.62. The SMILES string of the molecule is CN(C)c1ncccc1CNC(=O)NCCC(O)C(F)(F)F. The molecular formula is C13H19F3N4O2. The molecule has 9 heteroatoms. The van der Waals surface area contributed by atoms with E-state index in [0.29, 0.717) is 5.82 Å². The fraction of sp³-hybridized carbons (Fsp3) is 0.538. The zero-order valence-corrected chi connectivity index (χ0v) is 12.3. The molecule has 0 aromatic carbocycles. The van der Waals surface area contributed by atoms with Crippen LogP contribution < -0.4 is 15.5 Å². The van der Waals surface area contributed by atoms with E-state index in [1.807, 2.05) is 14.1 Å². The van der Waals surface area contributed by atoms with Crippen molar-refractivity contribution in [1.82, 2.24) is 15.6 Å². The Balaban J connectivity index is 2.38. The highest BCUT2D eigenvalue weighted by atomic mass is 19.4. The monoisotopic (exact) mass is 320 g/mol. The van der Waals surface area contributed by atoms with E-state index in [0.717, 1.165) is 5.56 Å². The summed E-state index contributed by atoms with van der Waals surface area (Å²) < 4.78 is 36.2. The van der Waals surface area contributed by atoms with Gasteiger partial charge in [0.25, 0.3) is 0 Å². The van der Waals surface area contributed by atoms with Gasteiger partial charge in [0.15, 0.2) is 6.10 Å². The van der Waals surface area contributed by atoms with Crippen molar-refractivity contribution in [2.45, 2.75) is 25.2 Å². The number of nitrogens with one attached hydrogen (secondary N) is 2. The standard InChI is InChI=1S/C13H19F3N4O2/c1-20(2)11-9(4-3-6-17-11)8-19-12(22)18-7-5-10(21)13(14,15)16/h3-4,6,10,21H,5,7-8H2,1-2H3,(H2,18,19,22). The van der Waals surface area contributed by atoms with Gasteiger partial charge in [0.1, 0.15) is 5.82 Å². The number of urea groups is 1. The number of amides is 2. The molecule has 1 unspecified atom stereocenters. The normalized spacial score (nSPS) is 12.6. The van der Waals surface area contributed by atoms with Crippen molar-refractivity contribution in [1.29, 1.82) is 0 Å². The van der Waals surface area contributed by atoms with Crippen molar-refractivity contribution in [3.63, 3.8) is 0 Å². The van der Waals surface area contributed by atoms with E-state index < -0.39 is 24.7 Å². The van der Waals surface area contributed by atoms with Crippen molar-refractivity contribution < 1.29 is 23.1 Å². The minimum atomic E-state index is -4.67. The number of rotatable bonds is 6. The smallest absolute Gasteiger partial charge is 0.384 e. The molecule has 1 aromatic heterocycles. The summed E-state index contributed by atoms with van der Waals surface area (Å²) in [6, 6.07) is 2.90. The lowest BCUT2D eigenvalue weighted by atomic mass is 10.2. The number of carbonyl (C=O) groups is 1. The molecule has 3 N–H and O–H groups in total. The third-order valence-corrected chi connectivity index (χ3v) is 2.81. The summed E-state index contributed by atoms with van der Waals surface area (Å²) in [5, 5.41) is 13.6. The maximum Gasteiger partial charge on any atom is 0.414 e. The van der Waals surface area contributed by atoms with Gasteiger partial charge in [0.05, 0.1) is 0 Å². The molecular weight excluding hydrogens is 301 g/mol. The van der Waals surface area contributed by atoms with Gasteiger partial charge in [-0.2, -0.15) is 13.2 Å². The number of aliphatic hydroxyl groups is 1. The largest absolute Gasteiger partial charge is 0.414 e. The van der Waals surface area contributed by atoms with Crippen molar-refractivity contribution in [3.05, 3.63) is 23.9 Å². The van der Waals surface area contributed by atoms with Gasteiger partial charge in [0.2, 0.25) is 0 Å². The van der Waals surface area contributed by atoms with Gasteiger partial charge < -0.3 is 20.6 Å². The van der Waals surface area contributed by atoms with Gasteiger partial charge in [0, 0.05) is 38.9 Å². The number of alkyl halides is 3. The van der Waals surface area contributed by atoms with Gasteiger partial charge >= 0.3 is 12.2 Å². The van der Waals surface area contributed by atoms with Crippen LogP contribution in [-0.4, -0.2) is 49.0 Å². The second-order valence-corrected chi connectivity index (χ2v) is 4.84. The predicted octanol–water partition coefficient (Wildman–Crippen LogP) is 1.26. The van der Waals surface area contributed by atoms with E-state index in [1.165, 1.54) is 0 Å². The number of pyridine rings is 1. The Bertz CT molecular complexity index is 494. The van der Waals surface area contributed by atoms with Crippen LogP contribution in [0, 0.1) is 0 Å². The molecule has 124 valence electrons. The van der Waals surface area contributed by atoms with Crippen molar-refractivity contribution in [2.75, 3.05) is 25.5 Å². The van der Waals surface area contributed by atoms with Gasteiger partial charge in [-0.15, -0.1) is 0 Å². The highest BCUT2D eigenvalue weighted by Crippen LogP contribution is 2.21. The summed E-state index contributed by atoms with van der Waals surface area (Å²) in [4.78, 5) is 17.5. The van der Waals surface area contributed by atoms with Crippen LogP contribution in [-0.2, 0) is 6.54 Å². The number of anilines is 1. The Labute approximate surface area is 126 Å². The number of nitrogens with zero attached hydrogens (tertiary/aromatic N) is 2. The molecule has 0 aliphatic heterocycles. The van der Waals surface area contributed by atoms with E-state index in [1.54, 1.807) is 23.2 Å². The minimum Gasteiger partial charge on any atom is -0.384 e. The molecule has 0 spiro atoms. The molecule has 0 radical (unpaired) electrons. The van der Waals surface area contributed by atoms with Crippen LogP contribution in [0.5, 0.6) is 0 Å². The topological polar surface area (TPSA) is 77.5 Å². The van der Waals surface area contributed by atoms with Crippen LogP contribution in [0.4, 0.5) is 23.8 Å². The summed E-state index contributed by atoms with van der Waals surface area (Å²) in [5.41, 5.74) is 0.776. The summed E-state index contributed by atoms with van der Waals surface area (Å²) in [6.07, 6.45) is -6.08. The van der Waals surface area contributed by atoms with Crippen LogP contribution >= 0.6 is 0 Å². The second kappa shape index (κ2) is 7.83. The molecule has 0 saturated carbocycles. The zero-order chi connectivity index (χ0) is 16.8. The van der Waals surface area contributed by atoms with Crippen molar-refractivity contribution in [2.24, 2.45) is 0 Å². The van der Waals surface area contributed by atoms with E-state index >= 15 is 0 Å². The van der Waals surface area contributed by atoms with Gasteiger partial charge in [-0.05, 0) is 12.5 Å². The maximum absolute atomic E-state index is 12.1. The molecule has 0 aliphatic carbocycles. The average molecular weight is 320 g/mol. The van der Waals surface area contributed by atoms with Crippen LogP contribution in [0.25, 0.3) is 0 Å². The Hall–Kier alpha value is -2.03. The number of carbonyl (C=O) groups excluding carboxylic acids is 1. The molecule has 1 atom stereocenters. The molecule has 0 fully saturated rings. The first-order valence-electron chi connectivity index (χ1n) is 6.59. The highest BCUT2D eigenvalue weighted by molar-refractivity contribution is 5.74. The van der Waals surface area contributed by atoms with Crippen molar-refractivity contribution in [3.8, 4) is 0 Å². The third kappa shape index (κ3) is 5.76. The molecule has 0 aliphatic rings. The average Bonchev–Trinajstić information content (AvgIpc) is 2.44. The van der Waals surface area contributed by atoms with Gasteiger partial charge in [-0.25, -0.2) is 9.78 Å². The Kier molecular flexibility index (Phi) is 6.41. The lowest BCUT2D eigenvalue weighted by Gasteiger charge is -2.17. The summed E-state index contributed by atoms with van der Waals surface area (Å²) >= 11 is 0. The second-order valence-electron chi connectivity index (χ2n) is 4.84. The lowest BCUT2D eigenvalue weighted by Crippen LogP contribution is -2.39. The number of aromatic nitrogens is 1. The number of hydrogen-bond donors (Lipinski definition) is 3. The fourth-order valence-electron chi connectivity index (χ4n) is 1.70. The molecule has 1 rings (SSSR count). The molecule has 2 amide bonds. The zero-order valence-electron chi connectivity index (χ0n) is 12.3. The van der Waals surface area contributed by atoms with Gasteiger partial charge in [-0.3, -0.25) is 0 Å². The maximum atomic E-state index is 12.1.